The first kappa shape index (κ1) is 15.4. The fraction of sp³-hybridized carbons (Fsp3) is 0.111. The first-order valence-corrected chi connectivity index (χ1v) is 8.36. The fourth-order valence-electron chi connectivity index (χ4n) is 2.36. The van der Waals surface area contributed by atoms with Gasteiger partial charge in [-0.25, -0.2) is 4.68 Å². The van der Waals surface area contributed by atoms with Crippen molar-refractivity contribution < 1.29 is 5.21 Å². The first-order chi connectivity index (χ1) is 11.3. The molecule has 0 unspecified atom stereocenters. The molecule has 0 aliphatic heterocycles. The molecule has 5 heteroatoms. The van der Waals surface area contributed by atoms with E-state index in [1.54, 1.807) is 16.4 Å². The zero-order valence-corrected chi connectivity index (χ0v) is 13.6. The van der Waals surface area contributed by atoms with E-state index < -0.39 is 0 Å². The molecular weight excluding hydrogens is 306 g/mol. The highest BCUT2D eigenvalue weighted by atomic mass is 32.2. The summed E-state index contributed by atoms with van der Waals surface area (Å²) in [5.74, 6) is 1.05. The fourth-order valence-corrected chi connectivity index (χ4v) is 3.02. The molecule has 0 aliphatic carbocycles. The number of benzene rings is 2. The van der Waals surface area contributed by atoms with Crippen LogP contribution in [0.15, 0.2) is 70.8 Å². The van der Waals surface area contributed by atoms with Crippen LogP contribution in [-0.2, 0) is 0 Å². The summed E-state index contributed by atoms with van der Waals surface area (Å²) in [4.78, 5) is 1.23. The van der Waals surface area contributed by atoms with Crippen molar-refractivity contribution in [3.05, 3.63) is 66.4 Å². The second-order valence-electron chi connectivity index (χ2n) is 4.92. The lowest BCUT2D eigenvalue weighted by atomic mass is 10.1. The van der Waals surface area contributed by atoms with Crippen molar-refractivity contribution >= 4 is 18.0 Å². The second kappa shape index (κ2) is 7.15. The Morgan fingerprint density at radius 3 is 2.52 bits per heavy atom. The molecule has 0 amide bonds. The predicted molar refractivity (Wildman–Crippen MR) is 94.8 cm³/mol. The van der Waals surface area contributed by atoms with Crippen molar-refractivity contribution in [1.82, 2.24) is 9.78 Å². The molecule has 1 aromatic heterocycles. The topological polar surface area (TPSA) is 50.4 Å². The van der Waals surface area contributed by atoms with Crippen LogP contribution in [0.25, 0.3) is 16.9 Å². The number of rotatable bonds is 5. The number of thioether (sulfide) groups is 1. The third-order valence-corrected chi connectivity index (χ3v) is 4.29. The Balaban J connectivity index is 2.02. The van der Waals surface area contributed by atoms with E-state index in [9.17, 15) is 0 Å². The molecule has 0 atom stereocenters. The van der Waals surface area contributed by atoms with E-state index in [4.69, 9.17) is 5.21 Å². The van der Waals surface area contributed by atoms with Crippen LogP contribution in [0, 0.1) is 0 Å². The lowest BCUT2D eigenvalue weighted by Gasteiger charge is -2.02. The van der Waals surface area contributed by atoms with E-state index in [1.807, 2.05) is 48.7 Å². The quantitative estimate of drug-likeness (QED) is 0.326. The third kappa shape index (κ3) is 3.46. The van der Waals surface area contributed by atoms with Crippen molar-refractivity contribution in [3.8, 4) is 16.9 Å². The maximum absolute atomic E-state index is 8.91. The van der Waals surface area contributed by atoms with Crippen LogP contribution in [0.5, 0.6) is 0 Å². The van der Waals surface area contributed by atoms with E-state index in [0.29, 0.717) is 0 Å². The summed E-state index contributed by atoms with van der Waals surface area (Å²) in [6.07, 6.45) is 3.27. The maximum Gasteiger partial charge on any atom is 0.102 e. The monoisotopic (exact) mass is 323 g/mol. The Morgan fingerprint density at radius 1 is 1.13 bits per heavy atom. The van der Waals surface area contributed by atoms with Crippen LogP contribution in [0.1, 0.15) is 12.5 Å². The average molecular weight is 323 g/mol. The third-order valence-electron chi connectivity index (χ3n) is 3.40. The smallest absolute Gasteiger partial charge is 0.102 e. The van der Waals surface area contributed by atoms with E-state index >= 15 is 0 Å². The van der Waals surface area contributed by atoms with Crippen molar-refractivity contribution in [3.63, 3.8) is 0 Å². The number of aromatic nitrogens is 2. The standard InChI is InChI=1S/C18H17N3OS/c1-2-23-17-10-8-14(9-11-17)18-15(12-19-22)13-21(20-18)16-6-4-3-5-7-16/h3-13,22H,2H2,1H3/b19-12+. The van der Waals surface area contributed by atoms with E-state index in [2.05, 4.69) is 29.3 Å². The normalized spacial score (nSPS) is 11.2. The van der Waals surface area contributed by atoms with Gasteiger partial charge in [0.2, 0.25) is 0 Å². The van der Waals surface area contributed by atoms with E-state index in [0.717, 1.165) is 28.3 Å². The average Bonchev–Trinajstić information content (AvgIpc) is 3.01. The summed E-state index contributed by atoms with van der Waals surface area (Å²) in [7, 11) is 0. The van der Waals surface area contributed by atoms with E-state index in [-0.39, 0.29) is 0 Å². The second-order valence-corrected chi connectivity index (χ2v) is 6.25. The van der Waals surface area contributed by atoms with Crippen LogP contribution in [0.2, 0.25) is 0 Å². The van der Waals surface area contributed by atoms with Gasteiger partial charge >= 0.3 is 0 Å². The molecule has 3 aromatic rings. The Labute approximate surface area is 139 Å². The van der Waals surface area contributed by atoms with Crippen molar-refractivity contribution in [2.45, 2.75) is 11.8 Å². The minimum Gasteiger partial charge on any atom is -0.411 e. The number of nitrogens with zero attached hydrogens (tertiary/aromatic N) is 3. The number of hydrogen-bond acceptors (Lipinski definition) is 4. The zero-order valence-electron chi connectivity index (χ0n) is 12.8. The largest absolute Gasteiger partial charge is 0.411 e. The van der Waals surface area contributed by atoms with Crippen LogP contribution in [0.3, 0.4) is 0 Å². The summed E-state index contributed by atoms with van der Waals surface area (Å²) in [5, 5.41) is 16.7. The minimum atomic E-state index is 0.771. The number of hydrogen-bond donors (Lipinski definition) is 1. The van der Waals surface area contributed by atoms with Gasteiger partial charge in [0, 0.05) is 22.2 Å². The molecule has 0 radical (unpaired) electrons. The van der Waals surface area contributed by atoms with Gasteiger partial charge < -0.3 is 5.21 Å². The highest BCUT2D eigenvalue weighted by Crippen LogP contribution is 2.26. The molecule has 23 heavy (non-hydrogen) atoms. The summed E-state index contributed by atoms with van der Waals surface area (Å²) in [6.45, 7) is 2.13. The SMILES string of the molecule is CCSc1ccc(-c2nn(-c3ccccc3)cc2/C=N/O)cc1. The summed E-state index contributed by atoms with van der Waals surface area (Å²) in [6, 6.07) is 18.1. The number of oxime groups is 1. The van der Waals surface area contributed by atoms with Crippen LogP contribution >= 0.6 is 11.8 Å². The van der Waals surface area contributed by atoms with Gasteiger partial charge in [-0.2, -0.15) is 5.10 Å². The van der Waals surface area contributed by atoms with Gasteiger partial charge in [0.15, 0.2) is 0 Å². The molecule has 1 heterocycles. The summed E-state index contributed by atoms with van der Waals surface area (Å²) in [5.41, 5.74) is 3.52. The van der Waals surface area contributed by atoms with Gasteiger partial charge in [-0.15, -0.1) is 11.8 Å². The first-order valence-electron chi connectivity index (χ1n) is 7.37. The molecular formula is C18H17N3OS. The summed E-state index contributed by atoms with van der Waals surface area (Å²) >= 11 is 1.80. The molecule has 0 saturated heterocycles. The van der Waals surface area contributed by atoms with Crippen molar-refractivity contribution in [2.24, 2.45) is 5.16 Å². The molecule has 1 N–H and O–H groups in total. The summed E-state index contributed by atoms with van der Waals surface area (Å²) < 4.78 is 1.79. The molecule has 0 saturated carbocycles. The minimum absolute atomic E-state index is 0.771. The molecule has 0 bridgehead atoms. The van der Waals surface area contributed by atoms with Crippen LogP contribution < -0.4 is 0 Å². The van der Waals surface area contributed by atoms with Crippen molar-refractivity contribution in [2.75, 3.05) is 5.75 Å². The Morgan fingerprint density at radius 2 is 1.87 bits per heavy atom. The highest BCUT2D eigenvalue weighted by molar-refractivity contribution is 7.99. The molecule has 4 nitrogen and oxygen atoms in total. The maximum atomic E-state index is 8.91. The Hall–Kier alpha value is -2.53. The van der Waals surface area contributed by atoms with Crippen LogP contribution in [-0.4, -0.2) is 27.0 Å². The zero-order chi connectivity index (χ0) is 16.1. The highest BCUT2D eigenvalue weighted by Gasteiger charge is 2.11. The molecule has 2 aromatic carbocycles. The predicted octanol–water partition coefficient (Wildman–Crippen LogP) is 4.46. The number of para-hydroxylation sites is 1. The van der Waals surface area contributed by atoms with Gasteiger partial charge in [-0.1, -0.05) is 42.4 Å². The Kier molecular flexibility index (Phi) is 4.78. The van der Waals surface area contributed by atoms with Gasteiger partial charge in [0.25, 0.3) is 0 Å². The van der Waals surface area contributed by atoms with Gasteiger partial charge in [-0.3, -0.25) is 0 Å². The van der Waals surface area contributed by atoms with E-state index in [1.165, 1.54) is 11.1 Å². The Bertz CT molecular complexity index is 795. The van der Waals surface area contributed by atoms with Crippen molar-refractivity contribution in [1.29, 1.82) is 0 Å². The lowest BCUT2D eigenvalue weighted by molar-refractivity contribution is 0.322. The lowest BCUT2D eigenvalue weighted by Crippen LogP contribution is -1.93. The van der Waals surface area contributed by atoms with Gasteiger partial charge in [0.1, 0.15) is 5.69 Å². The molecule has 116 valence electrons. The molecule has 3 rings (SSSR count). The molecule has 0 aliphatic rings. The molecule has 0 fully saturated rings. The van der Waals surface area contributed by atoms with Gasteiger partial charge in [-0.05, 0) is 30.0 Å². The van der Waals surface area contributed by atoms with Crippen LogP contribution in [0.4, 0.5) is 0 Å². The molecule has 0 spiro atoms. The van der Waals surface area contributed by atoms with Gasteiger partial charge in [0.05, 0.1) is 11.9 Å².